The number of carboxylic acids is 2. The lowest BCUT2D eigenvalue weighted by molar-refractivity contribution is -0.254. The average molecular weight is 1620 g/mol. The highest BCUT2D eigenvalue weighted by molar-refractivity contribution is 7.79. The Hall–Kier alpha value is -10.3. The van der Waals surface area contributed by atoms with Gasteiger partial charge in [-0.05, 0) is 91.7 Å². The number of nitrogens with one attached hydrogen (secondary N) is 6. The van der Waals surface area contributed by atoms with Crippen molar-refractivity contribution in [2.45, 2.75) is 162 Å². The first kappa shape index (κ1) is 92.6. The van der Waals surface area contributed by atoms with Crippen LogP contribution >= 0.6 is 12.6 Å². The summed E-state index contributed by atoms with van der Waals surface area (Å²) in [4.78, 5) is 169. The van der Waals surface area contributed by atoms with Gasteiger partial charge < -0.3 is 114 Å². The van der Waals surface area contributed by atoms with Gasteiger partial charge in [-0.25, -0.2) is 9.59 Å². The number of imide groups is 2. The third-order valence-electron chi connectivity index (χ3n) is 18.9. The zero-order valence-electron chi connectivity index (χ0n) is 62.3. The molecule has 4 heterocycles. The Morgan fingerprint density at radius 2 is 0.772 bits per heavy atom. The molecule has 0 radical (unpaired) electrons. The molecule has 8 fully saturated rings. The Balaban J connectivity index is 0.000000215. The second-order valence-corrected chi connectivity index (χ2v) is 27.2. The molecule has 39 heteroatoms. The maximum absolute atomic E-state index is 12.3. The number of hydrogen-bond acceptors (Lipinski definition) is 29. The van der Waals surface area contributed by atoms with E-state index in [0.29, 0.717) is 29.4 Å². The van der Waals surface area contributed by atoms with Crippen LogP contribution in [0.2, 0.25) is 0 Å². The van der Waals surface area contributed by atoms with Crippen molar-refractivity contribution in [1.29, 1.82) is 0 Å². The number of hydrogen-bond donors (Lipinski definition) is 19. The number of rotatable bonds is 24. The van der Waals surface area contributed by atoms with Gasteiger partial charge >= 0.3 is 23.9 Å². The fraction of sp³-hybridized carbons (Fsp3) is 0.493. The van der Waals surface area contributed by atoms with E-state index in [2.05, 4.69) is 44.5 Å². The molecule has 114 heavy (non-hydrogen) atoms. The van der Waals surface area contributed by atoms with Crippen LogP contribution in [-0.4, -0.2) is 263 Å². The number of aliphatic carboxylic acids is 2. The lowest BCUT2D eigenvalue weighted by Gasteiger charge is -2.40. The normalized spacial score (nSPS) is 27.5. The number of carboxylic acid groups (broad SMARTS) is 2. The number of carbonyl (C=O) groups is 14. The van der Waals surface area contributed by atoms with E-state index in [1.54, 1.807) is 6.26 Å². The highest BCUT2D eigenvalue weighted by Crippen LogP contribution is 2.50. The summed E-state index contributed by atoms with van der Waals surface area (Å²) in [5.74, 6) is -7.90. The van der Waals surface area contributed by atoms with Crippen LogP contribution in [0.15, 0.2) is 121 Å². The predicted octanol–water partition coefficient (Wildman–Crippen LogP) is -3.95. The van der Waals surface area contributed by atoms with Gasteiger partial charge in [0.1, 0.15) is 54.7 Å². The lowest BCUT2D eigenvalue weighted by Crippen LogP contribution is -2.64. The minimum absolute atomic E-state index is 0.124. The van der Waals surface area contributed by atoms with Crippen LogP contribution in [0.25, 0.3) is 0 Å². The lowest BCUT2D eigenvalue weighted by atomic mass is 9.97. The summed E-state index contributed by atoms with van der Waals surface area (Å²) in [5, 5.41) is 107. The molecule has 0 spiro atoms. The summed E-state index contributed by atoms with van der Waals surface area (Å²) in [6, 6.07) is 34.6. The number of benzene rings is 4. The van der Waals surface area contributed by atoms with Crippen LogP contribution in [0.4, 0.5) is 0 Å². The smallest absolute Gasteiger partial charge is 0.336 e. The molecule has 4 aliphatic heterocycles. The van der Waals surface area contributed by atoms with E-state index < -0.39 is 158 Å². The van der Waals surface area contributed by atoms with Gasteiger partial charge in [0.15, 0.2) is 12.6 Å². The highest BCUT2D eigenvalue weighted by atomic mass is 32.1. The zero-order valence-corrected chi connectivity index (χ0v) is 63.2. The summed E-state index contributed by atoms with van der Waals surface area (Å²) in [6.45, 7) is 0.596. The van der Waals surface area contributed by atoms with Crippen molar-refractivity contribution in [3.05, 3.63) is 144 Å². The molecular formula is C75H98N10O28S. The Morgan fingerprint density at radius 1 is 0.456 bits per heavy atom. The molecule has 4 aromatic carbocycles. The van der Waals surface area contributed by atoms with E-state index in [4.69, 9.17) is 56.1 Å². The van der Waals surface area contributed by atoms with E-state index in [1.807, 2.05) is 121 Å². The van der Waals surface area contributed by atoms with Crippen LogP contribution in [0.1, 0.15) is 111 Å². The van der Waals surface area contributed by atoms with E-state index in [1.165, 1.54) is 13.8 Å². The number of carbonyl (C=O) groups excluding carboxylic acids is 12. The number of nitrogens with zero attached hydrogens (tertiary/aromatic N) is 2. The van der Waals surface area contributed by atoms with Gasteiger partial charge in [-0.1, -0.05) is 121 Å². The van der Waals surface area contributed by atoms with Crippen molar-refractivity contribution in [2.75, 3.05) is 45.6 Å². The number of aliphatic hydroxyl groups excluding tert-OH is 8. The van der Waals surface area contributed by atoms with Gasteiger partial charge in [0.05, 0.1) is 57.3 Å². The second kappa shape index (κ2) is 45.0. The summed E-state index contributed by atoms with van der Waals surface area (Å²) >= 11 is 3.53. The number of nitrogens with two attached hydrogens (primary N) is 2. The quantitative estimate of drug-likeness (QED) is 0.0235. The second-order valence-electron chi connectivity index (χ2n) is 27.2. The van der Waals surface area contributed by atoms with Crippen LogP contribution in [-0.2, 0) is 86.3 Å². The number of ether oxygens (including phenoxy) is 2. The molecule has 8 aliphatic rings. The first-order valence-electron chi connectivity index (χ1n) is 36.3. The molecule has 0 bridgehead atoms. The summed E-state index contributed by atoms with van der Waals surface area (Å²) in [5.41, 5.74) is 14.6. The molecule has 20 atom stereocenters. The Kier molecular flexibility index (Phi) is 36.5. The Bertz CT molecular complexity index is 3800. The summed E-state index contributed by atoms with van der Waals surface area (Å²) in [6.07, 6.45) is -5.13. The molecule has 20 N–H and O–H groups in total. The summed E-state index contributed by atoms with van der Waals surface area (Å²) < 4.78 is 9.73. The van der Waals surface area contributed by atoms with Crippen molar-refractivity contribution in [3.63, 3.8) is 0 Å². The first-order valence-corrected chi connectivity index (χ1v) is 37.2. The van der Waals surface area contributed by atoms with Crippen molar-refractivity contribution in [1.82, 2.24) is 42.0 Å². The molecule has 0 aromatic heterocycles. The molecule has 4 saturated carbocycles. The Morgan fingerprint density at radius 3 is 1.12 bits per heavy atom. The van der Waals surface area contributed by atoms with E-state index in [-0.39, 0.29) is 111 Å². The third kappa shape index (κ3) is 27.8. The van der Waals surface area contributed by atoms with Crippen molar-refractivity contribution in [3.8, 4) is 0 Å². The van der Waals surface area contributed by atoms with Gasteiger partial charge in [-0.2, -0.15) is 12.6 Å². The monoisotopic (exact) mass is 1620 g/mol. The van der Waals surface area contributed by atoms with Gasteiger partial charge in [0, 0.05) is 37.5 Å². The highest BCUT2D eigenvalue weighted by Gasteiger charge is 2.51. The number of thiol groups is 1. The number of amides is 10. The number of aliphatic hydroxyl groups is 8. The fourth-order valence-electron chi connectivity index (χ4n) is 11.9. The van der Waals surface area contributed by atoms with Crippen LogP contribution in [0.3, 0.4) is 0 Å². The van der Waals surface area contributed by atoms with Gasteiger partial charge in [0.25, 0.3) is 23.6 Å². The van der Waals surface area contributed by atoms with E-state index in [0.717, 1.165) is 28.7 Å². The van der Waals surface area contributed by atoms with Gasteiger partial charge in [-0.15, -0.1) is 10.1 Å². The molecule has 4 saturated heterocycles. The minimum Gasteiger partial charge on any atom is -0.480 e. The molecular weight excluding hydrogens is 1520 g/mol. The van der Waals surface area contributed by atoms with Crippen LogP contribution < -0.4 is 43.4 Å². The number of hydroxylamine groups is 4. The topological polar surface area (TPSA) is 609 Å². The predicted molar refractivity (Wildman–Crippen MR) is 397 cm³/mol. The van der Waals surface area contributed by atoms with Crippen LogP contribution in [0.5, 0.6) is 0 Å². The first-order chi connectivity index (χ1) is 54.3. The largest absolute Gasteiger partial charge is 0.480 e. The van der Waals surface area contributed by atoms with Crippen LogP contribution in [0, 0.1) is 23.7 Å². The molecule has 622 valence electrons. The van der Waals surface area contributed by atoms with E-state index in [9.17, 15) is 92.7 Å². The van der Waals surface area contributed by atoms with Gasteiger partial charge in [-0.3, -0.25) is 57.5 Å². The third-order valence-corrected chi connectivity index (χ3v) is 18.9. The average Bonchev–Trinajstić information content (AvgIpc) is 1.84. The van der Waals surface area contributed by atoms with E-state index >= 15 is 0 Å². The van der Waals surface area contributed by atoms with Crippen molar-refractivity contribution in [2.24, 2.45) is 35.1 Å². The standard InChI is InChI=1S/C17H21N3O5.C16H21NO6.2C14H13NO4.C7H13N3O4.C6H13NO5.CH4S/c1-10(17(24)25)20-15(22)9-18-14(21)8-19-16(23)13-7-12(13)11-5-3-2-4-6-11;18-7-11-13(19)14(20)12(16(22)23-11)17-15(21)10-6-9(10)8-4-2-1-3-5-8;2*16-12-6-7-13(17)15(12)19-14(18)11-8-10(11)9-4-2-1-3-5-9;1-4(7(13)14)10-6(12)3-9-5(11)2-8;7-3-5(10)4(9)2(1-8)12-6(3)11;1-2/h2-6,10,12-13H,7-9H2,1H3,(H,18,21)(H,19,23)(H,20,22)(H,24,25);1-5,9-14,16,18-20,22H,6-7H2,(H,17,21);2*1-5,10-11H,6-8H2;4H,2-3,8H2,1H3,(H,9,11)(H,10,12)(H,13,14);2-6,8-11H,1,7H2;2H,1H3/t10-,12-,13+;9-,10+,11?,12?,13?,14?,16?;2*10-,11+;4-;;/m00000../s1. The fourth-order valence-corrected chi connectivity index (χ4v) is 11.9. The Labute approximate surface area is 658 Å². The minimum atomic E-state index is -1.48. The van der Waals surface area contributed by atoms with Crippen molar-refractivity contribution >= 4 is 95.6 Å². The van der Waals surface area contributed by atoms with Crippen molar-refractivity contribution < 1.29 is 137 Å². The van der Waals surface area contributed by atoms with Gasteiger partial charge in [0.2, 0.25) is 35.4 Å². The zero-order chi connectivity index (χ0) is 84.2. The SMILES string of the molecule is CS.C[C@H](NC(=O)CNC(=O)CN)C(=O)O.C[C@H](NC(=O)CNC(=O)CNC(=O)[C@@H]1C[C@H]1c1ccccc1)C(=O)O.NC1C(O)OC(CO)C(O)C1O.O=C(NC1C(O)OC(CO)C(O)C1O)[C@@H]1C[C@H]1c1ccccc1.O=C(ON1C(=O)CCC1=O)[C@@H]1C[C@H]1c1ccccc1.O=C(ON1C(=O)CCC1=O)[C@@H]1C[C@H]1c1ccccc1. The molecule has 38 nitrogen and oxygen atoms in total. The molecule has 12 rings (SSSR count). The molecule has 10 amide bonds. The molecule has 4 aromatic rings. The molecule has 10 unspecified atom stereocenters. The maximum atomic E-state index is 12.3. The summed E-state index contributed by atoms with van der Waals surface area (Å²) in [7, 11) is 0. The molecule has 4 aliphatic carbocycles. The maximum Gasteiger partial charge on any atom is 0.336 e.